The Hall–Kier alpha value is -5.01. The summed E-state index contributed by atoms with van der Waals surface area (Å²) < 4.78 is 40.8. The van der Waals surface area contributed by atoms with E-state index < -0.39 is 39.1 Å². The van der Waals surface area contributed by atoms with Gasteiger partial charge in [-0.25, -0.2) is 0 Å². The van der Waals surface area contributed by atoms with Crippen molar-refractivity contribution < 1.29 is 41.4 Å². The van der Waals surface area contributed by atoms with E-state index in [9.17, 15) is 27.4 Å². The molecule has 3 aromatic rings. The van der Waals surface area contributed by atoms with Crippen LogP contribution in [0.4, 0.5) is 5.69 Å². The summed E-state index contributed by atoms with van der Waals surface area (Å²) in [5.41, 5.74) is 4.50. The van der Waals surface area contributed by atoms with Gasteiger partial charge in [0.25, 0.3) is 15.6 Å². The van der Waals surface area contributed by atoms with E-state index in [4.69, 9.17) is 9.52 Å². The van der Waals surface area contributed by atoms with Gasteiger partial charge in [-0.3, -0.25) is 18.9 Å². The van der Waals surface area contributed by atoms with Crippen LogP contribution < -0.4 is 20.1 Å². The molecule has 1 unspecified atom stereocenters. The number of benzene rings is 2. The molecule has 0 spiro atoms. The number of unbranched alkanes of at least 4 members (excludes halogenated alkanes) is 2. The molecule has 4 N–H and O–H groups in total. The molecular weight excluding hydrogens is 721 g/mol. The van der Waals surface area contributed by atoms with Crippen LogP contribution in [0.25, 0.3) is 17.2 Å². The van der Waals surface area contributed by atoms with Gasteiger partial charge in [0.05, 0.1) is 11.8 Å². The number of carboxylic acid groups (broad SMARTS) is 1. The smallest absolute Gasteiger partial charge is 0.374 e. The molecule has 294 valence electrons. The standard InChI is InChI=1S/C42H52N4O8S/c1-5-25-46-33-15-10-9-14-32(33)41(3,4)36(46)21-19-30-27-31(20-22-37-45(6-2)34-16-11-12-17-35(34)54-37)29-42(28-30,40(50)44-24-26-55(51,52)53)39(49)43-23-13-7-8-18-38(47)48/h9-12,14-17,19-22,27H,5-8,13,18,23-26,28-29H2,1-4H3,(H3-,43,44,47,48,49,50,51,52,53)/p+1. The second kappa shape index (κ2) is 17.6. The molecule has 2 aliphatic rings. The Balaban J connectivity index is 1.57. The van der Waals surface area contributed by atoms with Crippen LogP contribution in [0.1, 0.15) is 84.1 Å². The van der Waals surface area contributed by atoms with E-state index >= 15 is 0 Å². The first-order chi connectivity index (χ1) is 26.2. The minimum atomic E-state index is -4.38. The third-order valence-electron chi connectivity index (χ3n) is 10.3. The highest BCUT2D eigenvalue weighted by Gasteiger charge is 2.48. The maximum Gasteiger partial charge on any atom is 0.374 e. The Labute approximate surface area is 323 Å². The van der Waals surface area contributed by atoms with Gasteiger partial charge >= 0.3 is 11.9 Å². The average Bonchev–Trinajstić information content (AvgIpc) is 3.61. The van der Waals surface area contributed by atoms with Crippen molar-refractivity contribution in [3.8, 4) is 0 Å². The first kappa shape index (κ1) is 41.2. The van der Waals surface area contributed by atoms with Gasteiger partial charge in [-0.1, -0.05) is 69.7 Å². The van der Waals surface area contributed by atoms with Crippen molar-refractivity contribution in [3.05, 3.63) is 101 Å². The highest BCUT2D eigenvalue weighted by molar-refractivity contribution is 7.85. The molecule has 1 aliphatic carbocycles. The number of aryl methyl sites for hydroxylation is 1. The van der Waals surface area contributed by atoms with Gasteiger partial charge in [-0.05, 0) is 80.0 Å². The molecule has 2 heterocycles. The fraction of sp³-hybridized carbons (Fsp3) is 0.429. The van der Waals surface area contributed by atoms with Gasteiger partial charge in [0, 0.05) is 48.9 Å². The molecule has 12 nitrogen and oxygen atoms in total. The number of fused-ring (bicyclic) bond motifs is 2. The zero-order chi connectivity index (χ0) is 39.8. The third-order valence-corrected chi connectivity index (χ3v) is 11.1. The van der Waals surface area contributed by atoms with Crippen LogP contribution in [0, 0.1) is 5.41 Å². The Morgan fingerprint density at radius 3 is 2.35 bits per heavy atom. The molecule has 0 bridgehead atoms. The minimum absolute atomic E-state index is 0.00517. The molecule has 1 aliphatic heterocycles. The number of allylic oxidation sites excluding steroid dienone is 7. The van der Waals surface area contributed by atoms with Crippen LogP contribution >= 0.6 is 0 Å². The van der Waals surface area contributed by atoms with Gasteiger partial charge in [0.2, 0.25) is 17.4 Å². The van der Waals surface area contributed by atoms with Gasteiger partial charge in [0.1, 0.15) is 12.0 Å². The van der Waals surface area contributed by atoms with Crippen molar-refractivity contribution >= 4 is 50.8 Å². The summed E-state index contributed by atoms with van der Waals surface area (Å²) in [4.78, 5) is 41.9. The number of nitrogens with zero attached hydrogens (tertiary/aromatic N) is 2. The zero-order valence-corrected chi connectivity index (χ0v) is 33.0. The molecule has 0 radical (unpaired) electrons. The third kappa shape index (κ3) is 9.63. The maximum absolute atomic E-state index is 14.3. The summed E-state index contributed by atoms with van der Waals surface area (Å²) in [7, 11) is -4.38. The lowest BCUT2D eigenvalue weighted by atomic mass is 9.70. The summed E-state index contributed by atoms with van der Waals surface area (Å²) in [5, 5.41) is 14.6. The van der Waals surface area contributed by atoms with Crippen molar-refractivity contribution in [1.29, 1.82) is 0 Å². The van der Waals surface area contributed by atoms with Gasteiger partial charge in [0.15, 0.2) is 0 Å². The number of aliphatic carboxylic acids is 1. The number of nitrogens with one attached hydrogen (secondary N) is 2. The molecule has 0 saturated carbocycles. The second-order valence-electron chi connectivity index (χ2n) is 14.7. The largest absolute Gasteiger partial charge is 0.481 e. The lowest BCUT2D eigenvalue weighted by Gasteiger charge is -2.35. The van der Waals surface area contributed by atoms with E-state index in [1.54, 1.807) is 0 Å². The van der Waals surface area contributed by atoms with E-state index in [0.29, 0.717) is 37.3 Å². The summed E-state index contributed by atoms with van der Waals surface area (Å²) >= 11 is 0. The second-order valence-corrected chi connectivity index (χ2v) is 16.3. The maximum atomic E-state index is 14.3. The monoisotopic (exact) mass is 773 g/mol. The first-order valence-corrected chi connectivity index (χ1v) is 20.6. The van der Waals surface area contributed by atoms with Crippen molar-refractivity contribution in [2.45, 2.75) is 84.6 Å². The molecule has 1 atom stereocenters. The lowest BCUT2D eigenvalue weighted by molar-refractivity contribution is -0.674. The zero-order valence-electron chi connectivity index (χ0n) is 32.1. The number of rotatable bonds is 17. The van der Waals surface area contributed by atoms with Crippen LogP contribution in [0.2, 0.25) is 0 Å². The molecule has 5 rings (SSSR count). The van der Waals surface area contributed by atoms with E-state index in [1.807, 2.05) is 72.2 Å². The topological polar surface area (TPSA) is 170 Å². The summed E-state index contributed by atoms with van der Waals surface area (Å²) in [6.45, 7) is 9.83. The fourth-order valence-electron chi connectivity index (χ4n) is 7.62. The van der Waals surface area contributed by atoms with Crippen molar-refractivity contribution in [2.24, 2.45) is 5.41 Å². The molecule has 2 aromatic carbocycles. The van der Waals surface area contributed by atoms with Gasteiger partial charge in [-0.2, -0.15) is 13.0 Å². The van der Waals surface area contributed by atoms with Crippen LogP contribution in [-0.2, 0) is 36.5 Å². The lowest BCUT2D eigenvalue weighted by Crippen LogP contribution is -2.53. The average molecular weight is 774 g/mol. The number of aromatic nitrogens is 1. The number of carbonyl (C=O) groups is 3. The van der Waals surface area contributed by atoms with Crippen LogP contribution in [0.15, 0.2) is 94.1 Å². The number of carboxylic acids is 1. The summed E-state index contributed by atoms with van der Waals surface area (Å²) in [6.07, 6.45) is 12.2. The number of amides is 2. The van der Waals surface area contributed by atoms with E-state index in [0.717, 1.165) is 41.0 Å². The number of oxazole rings is 1. The SMILES string of the molecule is CCCN1C(=CC=C2C=C(C=Cc3oc4ccccc4[n+]3CC)CC(C(=O)NCCCCCC(=O)O)(C(=O)NCCS(=O)(=O)O)C2)C(C)(C)c2ccccc21. The number of para-hydroxylation sites is 3. The molecular formula is C42H53N4O8S+. The van der Waals surface area contributed by atoms with E-state index in [-0.39, 0.29) is 37.8 Å². The minimum Gasteiger partial charge on any atom is -0.481 e. The Morgan fingerprint density at radius 2 is 1.64 bits per heavy atom. The normalized spacial score (nSPS) is 19.6. The summed E-state index contributed by atoms with van der Waals surface area (Å²) in [5.74, 6) is -2.18. The van der Waals surface area contributed by atoms with Crippen molar-refractivity contribution in [2.75, 3.05) is 30.3 Å². The Kier molecular flexibility index (Phi) is 13.2. The predicted octanol–water partition coefficient (Wildman–Crippen LogP) is 6.24. The highest BCUT2D eigenvalue weighted by atomic mass is 32.2. The number of hydrogen-bond acceptors (Lipinski definition) is 7. The quantitative estimate of drug-likeness (QED) is 0.0537. The summed E-state index contributed by atoms with van der Waals surface area (Å²) in [6, 6.07) is 16.1. The van der Waals surface area contributed by atoms with E-state index in [1.165, 1.54) is 5.56 Å². The van der Waals surface area contributed by atoms with Gasteiger partial charge in [-0.15, -0.1) is 0 Å². The van der Waals surface area contributed by atoms with E-state index in [2.05, 4.69) is 54.5 Å². The predicted molar refractivity (Wildman–Crippen MR) is 213 cm³/mol. The van der Waals surface area contributed by atoms with Crippen molar-refractivity contribution in [3.63, 3.8) is 0 Å². The molecule has 0 fully saturated rings. The number of carbonyl (C=O) groups excluding carboxylic acids is 2. The number of hydrogen-bond donors (Lipinski definition) is 4. The molecule has 2 amide bonds. The van der Waals surface area contributed by atoms with Crippen molar-refractivity contribution in [1.82, 2.24) is 10.6 Å². The first-order valence-electron chi connectivity index (χ1n) is 19.0. The Morgan fingerprint density at radius 1 is 0.927 bits per heavy atom. The molecule has 55 heavy (non-hydrogen) atoms. The van der Waals surface area contributed by atoms with Gasteiger partial charge < -0.3 is 25.1 Å². The molecule has 0 saturated heterocycles. The van der Waals surface area contributed by atoms with Crippen LogP contribution in [-0.4, -0.2) is 61.2 Å². The van der Waals surface area contributed by atoms with Crippen LogP contribution in [0.5, 0.6) is 0 Å². The number of anilines is 1. The molecule has 13 heteroatoms. The Bertz CT molecular complexity index is 2150. The fourth-order valence-corrected chi connectivity index (χ4v) is 7.98. The van der Waals surface area contributed by atoms with Crippen LogP contribution in [0.3, 0.4) is 0 Å². The molecule has 1 aromatic heterocycles. The highest BCUT2D eigenvalue weighted by Crippen LogP contribution is 2.48.